The zero-order chi connectivity index (χ0) is 13.9. The van der Waals surface area contributed by atoms with E-state index in [1.807, 2.05) is 0 Å². The predicted octanol–water partition coefficient (Wildman–Crippen LogP) is 1.88. The van der Waals surface area contributed by atoms with Crippen molar-refractivity contribution in [3.05, 3.63) is 0 Å². The monoisotopic (exact) mass is 255 g/mol. The molecule has 0 spiro atoms. The van der Waals surface area contributed by atoms with Gasteiger partial charge in [0.1, 0.15) is 5.41 Å². The standard InChI is InChI=1S/C14H25NO3/c1-10-6-7-11(2)15(8-10)9-12(16)14(3,4)13(17)18-5/h10-11H,6-9H2,1-5H3. The zero-order valence-electron chi connectivity index (χ0n) is 12.2. The summed E-state index contributed by atoms with van der Waals surface area (Å²) >= 11 is 0. The molecule has 1 heterocycles. The fourth-order valence-corrected chi connectivity index (χ4v) is 2.35. The van der Waals surface area contributed by atoms with Gasteiger partial charge < -0.3 is 4.74 Å². The fraction of sp³-hybridized carbons (Fsp3) is 0.857. The normalized spacial score (nSPS) is 25.8. The van der Waals surface area contributed by atoms with Crippen molar-refractivity contribution in [2.24, 2.45) is 11.3 Å². The molecule has 0 aromatic carbocycles. The van der Waals surface area contributed by atoms with Crippen LogP contribution in [-0.2, 0) is 14.3 Å². The zero-order valence-corrected chi connectivity index (χ0v) is 12.2. The highest BCUT2D eigenvalue weighted by Crippen LogP contribution is 2.24. The van der Waals surface area contributed by atoms with Crippen LogP contribution in [-0.4, -0.2) is 42.9 Å². The number of nitrogens with zero attached hydrogens (tertiary/aromatic N) is 1. The highest BCUT2D eigenvalue weighted by atomic mass is 16.5. The molecule has 2 atom stereocenters. The molecule has 0 aromatic rings. The van der Waals surface area contributed by atoms with Crippen LogP contribution < -0.4 is 0 Å². The molecule has 1 aliphatic rings. The summed E-state index contributed by atoms with van der Waals surface area (Å²) in [5.41, 5.74) is -1.05. The molecule has 0 saturated carbocycles. The molecule has 1 saturated heterocycles. The minimum Gasteiger partial charge on any atom is -0.468 e. The van der Waals surface area contributed by atoms with E-state index in [1.54, 1.807) is 13.8 Å². The maximum Gasteiger partial charge on any atom is 0.318 e. The Hall–Kier alpha value is -0.900. The lowest BCUT2D eigenvalue weighted by atomic mass is 9.86. The summed E-state index contributed by atoms with van der Waals surface area (Å²) in [5, 5.41) is 0. The van der Waals surface area contributed by atoms with Crippen LogP contribution in [0.25, 0.3) is 0 Å². The van der Waals surface area contributed by atoms with E-state index >= 15 is 0 Å². The summed E-state index contributed by atoms with van der Waals surface area (Å²) in [6, 6.07) is 0.415. The number of esters is 1. The van der Waals surface area contributed by atoms with Crippen LogP contribution in [0, 0.1) is 11.3 Å². The molecular weight excluding hydrogens is 230 g/mol. The first kappa shape index (κ1) is 15.2. The molecular formula is C14H25NO3. The molecule has 1 rings (SSSR count). The van der Waals surface area contributed by atoms with Gasteiger partial charge in [-0.05, 0) is 39.5 Å². The summed E-state index contributed by atoms with van der Waals surface area (Å²) in [6.07, 6.45) is 2.33. The van der Waals surface area contributed by atoms with Crippen LogP contribution >= 0.6 is 0 Å². The molecule has 0 aromatic heterocycles. The maximum absolute atomic E-state index is 12.2. The van der Waals surface area contributed by atoms with E-state index in [1.165, 1.54) is 13.5 Å². The first-order valence-electron chi connectivity index (χ1n) is 6.64. The van der Waals surface area contributed by atoms with Crippen molar-refractivity contribution in [3.8, 4) is 0 Å². The van der Waals surface area contributed by atoms with E-state index in [2.05, 4.69) is 18.7 Å². The van der Waals surface area contributed by atoms with Gasteiger partial charge in [-0.3, -0.25) is 14.5 Å². The highest BCUT2D eigenvalue weighted by Gasteiger charge is 2.38. The molecule has 0 bridgehead atoms. The number of Topliss-reactive ketones (excluding diaryl/α,β-unsaturated/α-hetero) is 1. The molecule has 1 aliphatic heterocycles. The molecule has 4 nitrogen and oxygen atoms in total. The lowest BCUT2D eigenvalue weighted by Crippen LogP contribution is -2.48. The van der Waals surface area contributed by atoms with Gasteiger partial charge in [0.25, 0.3) is 0 Å². The number of ketones is 1. The van der Waals surface area contributed by atoms with Gasteiger partial charge in [-0.1, -0.05) is 6.92 Å². The second-order valence-electron chi connectivity index (χ2n) is 6.00. The van der Waals surface area contributed by atoms with Crippen molar-refractivity contribution in [2.45, 2.75) is 46.6 Å². The van der Waals surface area contributed by atoms with E-state index in [-0.39, 0.29) is 5.78 Å². The second kappa shape index (κ2) is 5.83. The molecule has 104 valence electrons. The van der Waals surface area contributed by atoms with Crippen molar-refractivity contribution < 1.29 is 14.3 Å². The number of ether oxygens (including phenoxy) is 1. The third-order valence-corrected chi connectivity index (χ3v) is 3.99. The average molecular weight is 255 g/mol. The van der Waals surface area contributed by atoms with Gasteiger partial charge in [0.2, 0.25) is 0 Å². The van der Waals surface area contributed by atoms with Crippen LogP contribution in [0.4, 0.5) is 0 Å². The Labute approximate surface area is 110 Å². The van der Waals surface area contributed by atoms with E-state index in [4.69, 9.17) is 4.74 Å². The topological polar surface area (TPSA) is 46.6 Å². The Morgan fingerprint density at radius 2 is 1.89 bits per heavy atom. The first-order chi connectivity index (χ1) is 8.28. The third kappa shape index (κ3) is 3.31. The Morgan fingerprint density at radius 3 is 2.44 bits per heavy atom. The molecule has 0 aliphatic carbocycles. The molecule has 0 N–H and O–H groups in total. The number of carbonyl (C=O) groups is 2. The maximum atomic E-state index is 12.2. The van der Waals surface area contributed by atoms with Crippen LogP contribution in [0.15, 0.2) is 0 Å². The molecule has 1 fully saturated rings. The van der Waals surface area contributed by atoms with Crippen molar-refractivity contribution in [3.63, 3.8) is 0 Å². The van der Waals surface area contributed by atoms with Crippen LogP contribution in [0.3, 0.4) is 0 Å². The van der Waals surface area contributed by atoms with E-state index in [0.29, 0.717) is 18.5 Å². The minimum atomic E-state index is -1.05. The van der Waals surface area contributed by atoms with Gasteiger partial charge in [-0.15, -0.1) is 0 Å². The molecule has 2 unspecified atom stereocenters. The lowest BCUT2D eigenvalue weighted by molar-refractivity contribution is -0.156. The summed E-state index contributed by atoms with van der Waals surface area (Å²) in [7, 11) is 1.32. The van der Waals surface area contributed by atoms with Gasteiger partial charge >= 0.3 is 5.97 Å². The van der Waals surface area contributed by atoms with Gasteiger partial charge in [0.15, 0.2) is 5.78 Å². The Morgan fingerprint density at radius 1 is 1.28 bits per heavy atom. The number of carbonyl (C=O) groups excluding carboxylic acids is 2. The number of piperidine rings is 1. The largest absolute Gasteiger partial charge is 0.468 e. The highest BCUT2D eigenvalue weighted by molar-refractivity contribution is 6.03. The van der Waals surface area contributed by atoms with Crippen molar-refractivity contribution in [1.82, 2.24) is 4.90 Å². The summed E-state index contributed by atoms with van der Waals surface area (Å²) in [5.74, 6) is 0.107. The number of likely N-dealkylation sites (tertiary alicyclic amines) is 1. The Balaban J connectivity index is 2.66. The number of rotatable bonds is 4. The van der Waals surface area contributed by atoms with E-state index in [0.717, 1.165) is 13.0 Å². The summed E-state index contributed by atoms with van der Waals surface area (Å²) in [6.45, 7) is 8.90. The van der Waals surface area contributed by atoms with Crippen molar-refractivity contribution >= 4 is 11.8 Å². The van der Waals surface area contributed by atoms with Gasteiger partial charge in [0.05, 0.1) is 13.7 Å². The molecule has 4 heteroatoms. The molecule has 18 heavy (non-hydrogen) atoms. The van der Waals surface area contributed by atoms with E-state index < -0.39 is 11.4 Å². The molecule has 0 radical (unpaired) electrons. The third-order valence-electron chi connectivity index (χ3n) is 3.99. The number of hydrogen-bond acceptors (Lipinski definition) is 4. The fourth-order valence-electron chi connectivity index (χ4n) is 2.35. The summed E-state index contributed by atoms with van der Waals surface area (Å²) < 4.78 is 4.69. The second-order valence-corrected chi connectivity index (χ2v) is 6.00. The lowest BCUT2D eigenvalue weighted by Gasteiger charge is -2.37. The van der Waals surface area contributed by atoms with Gasteiger partial charge in [-0.2, -0.15) is 0 Å². The summed E-state index contributed by atoms with van der Waals surface area (Å²) in [4.78, 5) is 26.0. The van der Waals surface area contributed by atoms with Crippen LogP contribution in [0.5, 0.6) is 0 Å². The Kier molecular flexibility index (Phi) is 4.91. The van der Waals surface area contributed by atoms with Gasteiger partial charge in [-0.25, -0.2) is 0 Å². The quantitative estimate of drug-likeness (QED) is 0.568. The van der Waals surface area contributed by atoms with E-state index in [9.17, 15) is 9.59 Å². The number of hydrogen-bond donors (Lipinski definition) is 0. The van der Waals surface area contributed by atoms with Crippen molar-refractivity contribution in [1.29, 1.82) is 0 Å². The average Bonchev–Trinajstić information content (AvgIpc) is 2.32. The predicted molar refractivity (Wildman–Crippen MR) is 70.2 cm³/mol. The Bertz CT molecular complexity index is 325. The first-order valence-corrected chi connectivity index (χ1v) is 6.64. The molecule has 0 amide bonds. The SMILES string of the molecule is COC(=O)C(C)(C)C(=O)CN1CC(C)CCC1C. The van der Waals surface area contributed by atoms with Crippen LogP contribution in [0.1, 0.15) is 40.5 Å². The van der Waals surface area contributed by atoms with Gasteiger partial charge in [0, 0.05) is 12.6 Å². The van der Waals surface area contributed by atoms with Crippen molar-refractivity contribution in [2.75, 3.05) is 20.2 Å². The number of methoxy groups -OCH3 is 1. The minimum absolute atomic E-state index is 0.0599. The smallest absolute Gasteiger partial charge is 0.318 e. The van der Waals surface area contributed by atoms with Crippen LogP contribution in [0.2, 0.25) is 0 Å².